The topological polar surface area (TPSA) is 25.8 Å². The Labute approximate surface area is 138 Å². The fourth-order valence-corrected chi connectivity index (χ4v) is 3.52. The molecule has 0 saturated heterocycles. The Bertz CT molecular complexity index is 737. The standard InChI is InChI=1S/C14H7BrCl2N2S/c15-10-4-2-1-3-9(10)11-12(16)18-14(19-13(11)17)8-5-6-20-7-8/h1-7H. The fraction of sp³-hybridized carbons (Fsp3) is 0. The molecule has 20 heavy (non-hydrogen) atoms. The second kappa shape index (κ2) is 5.82. The molecule has 0 unspecified atom stereocenters. The van der Waals surface area contributed by atoms with Crippen molar-refractivity contribution in [3.63, 3.8) is 0 Å². The van der Waals surface area contributed by atoms with E-state index in [0.717, 1.165) is 15.6 Å². The van der Waals surface area contributed by atoms with E-state index in [9.17, 15) is 0 Å². The van der Waals surface area contributed by atoms with Crippen molar-refractivity contribution in [2.45, 2.75) is 0 Å². The Kier molecular flexibility index (Phi) is 4.08. The minimum Gasteiger partial charge on any atom is -0.216 e. The van der Waals surface area contributed by atoms with Crippen LogP contribution < -0.4 is 0 Å². The van der Waals surface area contributed by atoms with E-state index in [1.807, 2.05) is 41.1 Å². The van der Waals surface area contributed by atoms with Gasteiger partial charge in [-0.15, -0.1) is 0 Å². The van der Waals surface area contributed by atoms with Crippen molar-refractivity contribution < 1.29 is 0 Å². The SMILES string of the molecule is Clc1nc(-c2ccsc2)nc(Cl)c1-c1ccccc1Br. The zero-order chi connectivity index (χ0) is 14.1. The molecule has 0 amide bonds. The van der Waals surface area contributed by atoms with E-state index in [4.69, 9.17) is 23.2 Å². The van der Waals surface area contributed by atoms with Gasteiger partial charge < -0.3 is 0 Å². The van der Waals surface area contributed by atoms with Crippen LogP contribution in [0.3, 0.4) is 0 Å². The monoisotopic (exact) mass is 384 g/mol. The van der Waals surface area contributed by atoms with Crippen LogP contribution in [0.1, 0.15) is 0 Å². The maximum atomic E-state index is 6.31. The van der Waals surface area contributed by atoms with Crippen molar-refractivity contribution in [1.29, 1.82) is 0 Å². The van der Waals surface area contributed by atoms with Gasteiger partial charge in [0.15, 0.2) is 5.82 Å². The Hall–Kier alpha value is -0.940. The summed E-state index contributed by atoms with van der Waals surface area (Å²) in [6, 6.07) is 9.62. The number of hydrogen-bond acceptors (Lipinski definition) is 3. The van der Waals surface area contributed by atoms with Gasteiger partial charge in [-0.3, -0.25) is 0 Å². The van der Waals surface area contributed by atoms with Crippen molar-refractivity contribution in [2.75, 3.05) is 0 Å². The van der Waals surface area contributed by atoms with Gasteiger partial charge in [0.1, 0.15) is 10.3 Å². The van der Waals surface area contributed by atoms with Crippen molar-refractivity contribution in [3.05, 3.63) is 55.9 Å². The molecule has 2 heterocycles. The van der Waals surface area contributed by atoms with Crippen LogP contribution in [0.25, 0.3) is 22.5 Å². The largest absolute Gasteiger partial charge is 0.216 e. The van der Waals surface area contributed by atoms with Gasteiger partial charge >= 0.3 is 0 Å². The molecule has 0 aliphatic carbocycles. The van der Waals surface area contributed by atoms with Gasteiger partial charge in [-0.25, -0.2) is 9.97 Å². The van der Waals surface area contributed by atoms with Gasteiger partial charge in [0.2, 0.25) is 0 Å². The first-order valence-electron chi connectivity index (χ1n) is 5.67. The predicted molar refractivity (Wildman–Crippen MR) is 88.5 cm³/mol. The molecule has 1 aromatic carbocycles. The smallest absolute Gasteiger partial charge is 0.163 e. The molecule has 0 N–H and O–H groups in total. The van der Waals surface area contributed by atoms with Crippen LogP contribution >= 0.6 is 50.5 Å². The van der Waals surface area contributed by atoms with Crippen molar-refractivity contribution >= 4 is 50.5 Å². The van der Waals surface area contributed by atoms with Crippen molar-refractivity contribution in [2.24, 2.45) is 0 Å². The lowest BCUT2D eigenvalue weighted by Crippen LogP contribution is -1.94. The zero-order valence-corrected chi connectivity index (χ0v) is 13.9. The van der Waals surface area contributed by atoms with Crippen molar-refractivity contribution in [3.8, 4) is 22.5 Å². The van der Waals surface area contributed by atoms with Crippen LogP contribution in [0.15, 0.2) is 45.6 Å². The van der Waals surface area contributed by atoms with Gasteiger partial charge in [0.05, 0.1) is 5.56 Å². The molecule has 0 radical (unpaired) electrons. The number of halogens is 3. The molecule has 2 aromatic heterocycles. The molecular formula is C14H7BrCl2N2S. The lowest BCUT2D eigenvalue weighted by Gasteiger charge is -2.09. The molecule has 0 bridgehead atoms. The Balaban J connectivity index is 2.17. The fourth-order valence-electron chi connectivity index (χ4n) is 1.81. The number of rotatable bonds is 2. The third kappa shape index (κ3) is 2.61. The second-order valence-corrected chi connectivity index (χ2v) is 6.35. The van der Waals surface area contributed by atoms with Crippen molar-refractivity contribution in [1.82, 2.24) is 9.97 Å². The molecule has 0 saturated carbocycles. The first-order chi connectivity index (χ1) is 9.66. The van der Waals surface area contributed by atoms with E-state index in [0.29, 0.717) is 21.7 Å². The summed E-state index contributed by atoms with van der Waals surface area (Å²) in [5, 5.41) is 4.61. The summed E-state index contributed by atoms with van der Waals surface area (Å²) in [5.41, 5.74) is 2.43. The average molecular weight is 386 g/mol. The molecule has 2 nitrogen and oxygen atoms in total. The molecule has 0 atom stereocenters. The van der Waals surface area contributed by atoms with E-state index in [1.165, 1.54) is 0 Å². The molecular weight excluding hydrogens is 379 g/mol. The van der Waals surface area contributed by atoms with Crippen LogP contribution in [-0.2, 0) is 0 Å². The highest BCUT2D eigenvalue weighted by Gasteiger charge is 2.16. The predicted octanol–water partition coefficient (Wildman–Crippen LogP) is 5.94. The van der Waals surface area contributed by atoms with Crippen LogP contribution in [0.4, 0.5) is 0 Å². The number of nitrogens with zero attached hydrogens (tertiary/aromatic N) is 2. The molecule has 3 aromatic rings. The molecule has 0 aliphatic heterocycles. The second-order valence-electron chi connectivity index (χ2n) is 4.00. The molecule has 0 fully saturated rings. The maximum absolute atomic E-state index is 6.31. The normalized spacial score (nSPS) is 10.8. The number of thiophene rings is 1. The summed E-state index contributed by atoms with van der Waals surface area (Å²) in [4.78, 5) is 8.70. The lowest BCUT2D eigenvalue weighted by atomic mass is 10.1. The van der Waals surface area contributed by atoms with E-state index in [2.05, 4.69) is 25.9 Å². The van der Waals surface area contributed by atoms with Gasteiger partial charge in [0, 0.05) is 21.0 Å². The summed E-state index contributed by atoms with van der Waals surface area (Å²) < 4.78 is 0.899. The third-order valence-corrected chi connectivity index (χ3v) is 4.67. The minimum atomic E-state index is 0.345. The quantitative estimate of drug-likeness (QED) is 0.510. The van der Waals surface area contributed by atoms with Gasteiger partial charge in [-0.05, 0) is 17.5 Å². The Morgan fingerprint density at radius 1 is 1.00 bits per heavy atom. The molecule has 0 spiro atoms. The minimum absolute atomic E-state index is 0.345. The lowest BCUT2D eigenvalue weighted by molar-refractivity contribution is 1.18. The van der Waals surface area contributed by atoms with Gasteiger partial charge in [-0.2, -0.15) is 11.3 Å². The van der Waals surface area contributed by atoms with E-state index < -0.39 is 0 Å². The summed E-state index contributed by atoms with van der Waals surface area (Å²) in [5.74, 6) is 0.539. The van der Waals surface area contributed by atoms with Gasteiger partial charge in [-0.1, -0.05) is 57.3 Å². The summed E-state index contributed by atoms with van der Waals surface area (Å²) in [6.07, 6.45) is 0. The maximum Gasteiger partial charge on any atom is 0.163 e. The van der Waals surface area contributed by atoms with Crippen LogP contribution in [0, 0.1) is 0 Å². The van der Waals surface area contributed by atoms with E-state index in [-0.39, 0.29) is 0 Å². The molecule has 6 heteroatoms. The van der Waals surface area contributed by atoms with Crippen LogP contribution in [-0.4, -0.2) is 9.97 Å². The third-order valence-electron chi connectivity index (χ3n) is 2.74. The highest BCUT2D eigenvalue weighted by molar-refractivity contribution is 9.10. The number of benzene rings is 1. The zero-order valence-electron chi connectivity index (χ0n) is 9.98. The summed E-state index contributed by atoms with van der Waals surface area (Å²) in [6.45, 7) is 0. The first-order valence-corrected chi connectivity index (χ1v) is 8.16. The summed E-state index contributed by atoms with van der Waals surface area (Å²) >= 11 is 17.7. The number of aromatic nitrogens is 2. The number of hydrogen-bond donors (Lipinski definition) is 0. The highest BCUT2D eigenvalue weighted by atomic mass is 79.9. The molecule has 0 aliphatic rings. The van der Waals surface area contributed by atoms with Crippen LogP contribution in [0.2, 0.25) is 10.3 Å². The molecule has 100 valence electrons. The summed E-state index contributed by atoms with van der Waals surface area (Å²) in [7, 11) is 0. The molecule has 3 rings (SSSR count). The van der Waals surface area contributed by atoms with E-state index >= 15 is 0 Å². The average Bonchev–Trinajstić information content (AvgIpc) is 2.94. The van der Waals surface area contributed by atoms with Crippen LogP contribution in [0.5, 0.6) is 0 Å². The first kappa shape index (κ1) is 14.0. The highest BCUT2D eigenvalue weighted by Crippen LogP contribution is 2.37. The van der Waals surface area contributed by atoms with Gasteiger partial charge in [0.25, 0.3) is 0 Å². The Morgan fingerprint density at radius 2 is 1.70 bits per heavy atom. The van der Waals surface area contributed by atoms with E-state index in [1.54, 1.807) is 11.3 Å². The Morgan fingerprint density at radius 3 is 2.30 bits per heavy atom.